The molecule has 0 aromatic heterocycles. The van der Waals surface area contributed by atoms with Crippen LogP contribution in [0.5, 0.6) is 0 Å². The van der Waals surface area contributed by atoms with Crippen LogP contribution in [-0.4, -0.2) is 12.2 Å². The van der Waals surface area contributed by atoms with Crippen LogP contribution in [0.4, 0.5) is 4.39 Å². The van der Waals surface area contributed by atoms with E-state index in [4.69, 9.17) is 5.73 Å². The third-order valence-corrected chi connectivity index (χ3v) is 3.34. The Labute approximate surface area is 80.9 Å². The molecule has 0 aromatic carbocycles. The molecule has 1 fully saturated rings. The zero-order valence-corrected chi connectivity index (χ0v) is 8.69. The molecule has 0 heterocycles. The highest BCUT2D eigenvalue weighted by atomic mass is 19.1. The Morgan fingerprint density at radius 2 is 1.77 bits per heavy atom. The van der Waals surface area contributed by atoms with E-state index in [0.29, 0.717) is 13.0 Å². The quantitative estimate of drug-likeness (QED) is 0.675. The van der Waals surface area contributed by atoms with E-state index >= 15 is 0 Å². The fraction of sp³-hybridized carbons (Fsp3) is 1.00. The molecule has 1 unspecified atom stereocenters. The van der Waals surface area contributed by atoms with Crippen LogP contribution in [0.25, 0.3) is 0 Å². The van der Waals surface area contributed by atoms with Gasteiger partial charge in [0, 0.05) is 0 Å². The van der Waals surface area contributed by atoms with Crippen molar-refractivity contribution >= 4 is 0 Å². The molecule has 1 rings (SSSR count). The molecular weight excluding hydrogens is 165 g/mol. The molecular formula is C11H22FN. The molecule has 0 spiro atoms. The molecule has 78 valence electrons. The largest absolute Gasteiger partial charge is 0.330 e. The topological polar surface area (TPSA) is 26.0 Å². The second-order valence-corrected chi connectivity index (χ2v) is 4.51. The first kappa shape index (κ1) is 11.0. The fourth-order valence-electron chi connectivity index (χ4n) is 2.37. The minimum atomic E-state index is -1.01. The highest BCUT2D eigenvalue weighted by Crippen LogP contribution is 2.35. The van der Waals surface area contributed by atoms with Crippen molar-refractivity contribution in [3.8, 4) is 0 Å². The number of nitrogens with two attached hydrogens (primary N) is 1. The molecule has 1 nitrogen and oxygen atoms in total. The maximum atomic E-state index is 14.1. The molecule has 1 aliphatic rings. The fourth-order valence-corrected chi connectivity index (χ4v) is 2.37. The van der Waals surface area contributed by atoms with Crippen LogP contribution >= 0.6 is 0 Å². The van der Waals surface area contributed by atoms with Gasteiger partial charge in [0.05, 0.1) is 0 Å². The van der Waals surface area contributed by atoms with Crippen molar-refractivity contribution in [1.82, 2.24) is 0 Å². The van der Waals surface area contributed by atoms with Gasteiger partial charge in [0.25, 0.3) is 0 Å². The number of alkyl halides is 1. The molecule has 0 radical (unpaired) electrons. The average molecular weight is 187 g/mol. The van der Waals surface area contributed by atoms with E-state index in [2.05, 4.69) is 0 Å². The van der Waals surface area contributed by atoms with Crippen LogP contribution in [-0.2, 0) is 0 Å². The molecule has 1 aliphatic carbocycles. The highest BCUT2D eigenvalue weighted by Gasteiger charge is 2.33. The first-order valence-electron chi connectivity index (χ1n) is 5.56. The van der Waals surface area contributed by atoms with Gasteiger partial charge in [-0.05, 0) is 38.6 Å². The Morgan fingerprint density at radius 3 is 2.23 bits per heavy atom. The summed E-state index contributed by atoms with van der Waals surface area (Å²) in [5.74, 6) is 0.263. The van der Waals surface area contributed by atoms with Gasteiger partial charge in [-0.25, -0.2) is 4.39 Å². The van der Waals surface area contributed by atoms with Crippen molar-refractivity contribution in [2.24, 2.45) is 11.7 Å². The van der Waals surface area contributed by atoms with Gasteiger partial charge in [-0.2, -0.15) is 0 Å². The van der Waals surface area contributed by atoms with E-state index in [1.54, 1.807) is 6.92 Å². The normalized spacial score (nSPS) is 25.2. The first-order chi connectivity index (χ1) is 6.17. The van der Waals surface area contributed by atoms with Gasteiger partial charge in [0.2, 0.25) is 0 Å². The third kappa shape index (κ3) is 3.26. The highest BCUT2D eigenvalue weighted by molar-refractivity contribution is 4.84. The summed E-state index contributed by atoms with van der Waals surface area (Å²) in [4.78, 5) is 0. The number of hydrogen-bond donors (Lipinski definition) is 1. The van der Waals surface area contributed by atoms with Crippen LogP contribution in [0.15, 0.2) is 0 Å². The molecule has 2 heteroatoms. The molecule has 0 aliphatic heterocycles. The van der Waals surface area contributed by atoms with Gasteiger partial charge >= 0.3 is 0 Å². The zero-order valence-electron chi connectivity index (χ0n) is 8.69. The zero-order chi connectivity index (χ0) is 9.73. The summed E-state index contributed by atoms with van der Waals surface area (Å²) in [6.45, 7) is 2.21. The smallest absolute Gasteiger partial charge is 0.112 e. The van der Waals surface area contributed by atoms with Gasteiger partial charge in [0.1, 0.15) is 5.67 Å². The van der Waals surface area contributed by atoms with Gasteiger partial charge in [-0.1, -0.05) is 25.7 Å². The van der Waals surface area contributed by atoms with Gasteiger partial charge < -0.3 is 5.73 Å². The van der Waals surface area contributed by atoms with E-state index in [1.807, 2.05) is 0 Å². The predicted octanol–water partition coefficient (Wildman–Crippen LogP) is 3.03. The van der Waals surface area contributed by atoms with Crippen molar-refractivity contribution in [3.63, 3.8) is 0 Å². The lowest BCUT2D eigenvalue weighted by Crippen LogP contribution is -2.32. The third-order valence-electron chi connectivity index (χ3n) is 3.34. The van der Waals surface area contributed by atoms with E-state index in [-0.39, 0.29) is 5.92 Å². The van der Waals surface area contributed by atoms with E-state index < -0.39 is 5.67 Å². The molecule has 0 aromatic rings. The van der Waals surface area contributed by atoms with Crippen LogP contribution in [0.3, 0.4) is 0 Å². The molecule has 0 amide bonds. The summed E-state index contributed by atoms with van der Waals surface area (Å²) in [5.41, 5.74) is 4.41. The predicted molar refractivity (Wildman–Crippen MR) is 54.4 cm³/mol. The van der Waals surface area contributed by atoms with Crippen LogP contribution in [0.1, 0.15) is 51.9 Å². The Balaban J connectivity index is 2.46. The molecule has 0 bridgehead atoms. The van der Waals surface area contributed by atoms with E-state index in [9.17, 15) is 4.39 Å². The lowest BCUT2D eigenvalue weighted by atomic mass is 9.83. The van der Waals surface area contributed by atoms with Crippen LogP contribution in [0, 0.1) is 5.92 Å². The Hall–Kier alpha value is -0.110. The van der Waals surface area contributed by atoms with Crippen molar-refractivity contribution in [2.45, 2.75) is 57.5 Å². The lowest BCUT2D eigenvalue weighted by molar-refractivity contribution is 0.0832. The SMILES string of the molecule is CC(F)(CCN)C1CCCCCC1. The summed E-state index contributed by atoms with van der Waals surface area (Å²) in [6.07, 6.45) is 7.63. The van der Waals surface area contributed by atoms with Crippen LogP contribution < -0.4 is 5.73 Å². The summed E-state index contributed by atoms with van der Waals surface area (Å²) in [6, 6.07) is 0. The Bertz CT molecular complexity index is 137. The summed E-state index contributed by atoms with van der Waals surface area (Å²) < 4.78 is 14.1. The minimum Gasteiger partial charge on any atom is -0.330 e. The maximum absolute atomic E-state index is 14.1. The molecule has 1 saturated carbocycles. The molecule has 0 saturated heterocycles. The second-order valence-electron chi connectivity index (χ2n) is 4.51. The number of rotatable bonds is 3. The van der Waals surface area contributed by atoms with Gasteiger partial charge in [-0.15, -0.1) is 0 Å². The standard InChI is InChI=1S/C11H22FN/c1-11(12,8-9-13)10-6-4-2-3-5-7-10/h10H,2-9,13H2,1H3. The van der Waals surface area contributed by atoms with Crippen molar-refractivity contribution in [2.75, 3.05) is 6.54 Å². The van der Waals surface area contributed by atoms with E-state index in [1.165, 1.54) is 25.7 Å². The van der Waals surface area contributed by atoms with Crippen LogP contribution in [0.2, 0.25) is 0 Å². The first-order valence-corrected chi connectivity index (χ1v) is 5.56. The van der Waals surface area contributed by atoms with Gasteiger partial charge in [-0.3, -0.25) is 0 Å². The molecule has 1 atom stereocenters. The summed E-state index contributed by atoms with van der Waals surface area (Å²) in [5, 5.41) is 0. The summed E-state index contributed by atoms with van der Waals surface area (Å²) >= 11 is 0. The number of hydrogen-bond acceptors (Lipinski definition) is 1. The summed E-state index contributed by atoms with van der Waals surface area (Å²) in [7, 11) is 0. The molecule has 13 heavy (non-hydrogen) atoms. The average Bonchev–Trinajstić information content (AvgIpc) is 2.31. The lowest BCUT2D eigenvalue weighted by Gasteiger charge is -2.29. The van der Waals surface area contributed by atoms with Gasteiger partial charge in [0.15, 0.2) is 0 Å². The molecule has 2 N–H and O–H groups in total. The monoisotopic (exact) mass is 187 g/mol. The number of halogens is 1. The van der Waals surface area contributed by atoms with Crippen molar-refractivity contribution in [1.29, 1.82) is 0 Å². The maximum Gasteiger partial charge on any atom is 0.112 e. The Morgan fingerprint density at radius 1 is 1.23 bits per heavy atom. The Kier molecular flexibility index (Phi) is 4.17. The minimum absolute atomic E-state index is 0.263. The van der Waals surface area contributed by atoms with Crippen molar-refractivity contribution in [3.05, 3.63) is 0 Å². The van der Waals surface area contributed by atoms with Crippen molar-refractivity contribution < 1.29 is 4.39 Å². The second kappa shape index (κ2) is 4.94. The van der Waals surface area contributed by atoms with E-state index in [0.717, 1.165) is 12.8 Å².